The Morgan fingerprint density at radius 3 is 3.09 bits per heavy atom. The Morgan fingerprint density at radius 2 is 2.55 bits per heavy atom. The molecule has 66 valence electrons. The highest BCUT2D eigenvalue weighted by Crippen LogP contribution is 2.17. The third-order valence-electron chi connectivity index (χ3n) is 1.70. The standard InChI is InChI=1S/C6H14N2S3/c7-4-1-2-6-3-5-11(9)10-8-6/h6,8H,1-5,7H2. The summed E-state index contributed by atoms with van der Waals surface area (Å²) in [6.07, 6.45) is 3.57. The zero-order valence-electron chi connectivity index (χ0n) is 6.41. The Hall–Kier alpha value is 0.840. The van der Waals surface area contributed by atoms with Crippen molar-refractivity contribution >= 4 is 30.7 Å². The molecule has 1 heterocycles. The summed E-state index contributed by atoms with van der Waals surface area (Å²) in [6.45, 7) is 0.808. The maximum absolute atomic E-state index is 5.42. The molecule has 1 rings (SSSR count). The monoisotopic (exact) mass is 210 g/mol. The molecule has 0 aromatic heterocycles. The SMILES string of the molecule is NCCCC1CCS(=S)SN1. The normalized spacial score (nSPS) is 32.1. The van der Waals surface area contributed by atoms with E-state index in [1.807, 2.05) is 0 Å². The summed E-state index contributed by atoms with van der Waals surface area (Å²) in [6, 6.07) is 0.662. The van der Waals surface area contributed by atoms with Crippen molar-refractivity contribution in [3.8, 4) is 0 Å². The highest BCUT2D eigenvalue weighted by Gasteiger charge is 2.14. The van der Waals surface area contributed by atoms with E-state index in [0.29, 0.717) is 6.04 Å². The van der Waals surface area contributed by atoms with E-state index in [1.54, 1.807) is 11.0 Å². The van der Waals surface area contributed by atoms with Gasteiger partial charge in [-0.25, -0.2) is 0 Å². The van der Waals surface area contributed by atoms with Gasteiger partial charge in [-0.3, -0.25) is 4.72 Å². The predicted molar refractivity (Wildman–Crippen MR) is 57.0 cm³/mol. The molecule has 0 aromatic rings. The van der Waals surface area contributed by atoms with Crippen LogP contribution >= 0.6 is 11.0 Å². The molecule has 1 aliphatic rings. The van der Waals surface area contributed by atoms with E-state index in [9.17, 15) is 0 Å². The quantitative estimate of drug-likeness (QED) is 0.532. The molecular weight excluding hydrogens is 196 g/mol. The lowest BCUT2D eigenvalue weighted by Gasteiger charge is -2.22. The number of nitrogens with one attached hydrogen (secondary N) is 1. The Kier molecular flexibility index (Phi) is 4.94. The van der Waals surface area contributed by atoms with Crippen LogP contribution in [0.15, 0.2) is 0 Å². The van der Waals surface area contributed by atoms with E-state index in [-0.39, 0.29) is 8.49 Å². The molecule has 2 atom stereocenters. The molecule has 0 saturated carbocycles. The third-order valence-corrected chi connectivity index (χ3v) is 5.34. The van der Waals surface area contributed by atoms with Crippen LogP contribution in [0.4, 0.5) is 0 Å². The van der Waals surface area contributed by atoms with Gasteiger partial charge in [0.25, 0.3) is 0 Å². The van der Waals surface area contributed by atoms with Crippen molar-refractivity contribution in [1.82, 2.24) is 4.72 Å². The van der Waals surface area contributed by atoms with Gasteiger partial charge in [-0.1, -0.05) is 0 Å². The first-order chi connectivity index (χ1) is 5.33. The van der Waals surface area contributed by atoms with Gasteiger partial charge in [-0.15, -0.1) is 0 Å². The second kappa shape index (κ2) is 5.48. The van der Waals surface area contributed by atoms with Gasteiger partial charge in [-0.2, -0.15) is 0 Å². The molecular formula is C6H14N2S3. The summed E-state index contributed by atoms with van der Waals surface area (Å²) in [4.78, 5) is 0. The van der Waals surface area contributed by atoms with Gasteiger partial charge >= 0.3 is 0 Å². The molecule has 2 unspecified atom stereocenters. The summed E-state index contributed by atoms with van der Waals surface area (Å²) in [5.74, 6) is 1.20. The Bertz CT molecular complexity index is 130. The van der Waals surface area contributed by atoms with Crippen molar-refractivity contribution < 1.29 is 0 Å². The Labute approximate surface area is 78.8 Å². The molecule has 5 heteroatoms. The highest BCUT2D eigenvalue weighted by atomic mass is 33.3. The van der Waals surface area contributed by atoms with Crippen LogP contribution in [-0.2, 0) is 19.7 Å². The minimum Gasteiger partial charge on any atom is -0.330 e. The predicted octanol–water partition coefficient (Wildman–Crippen LogP) is 0.731. The van der Waals surface area contributed by atoms with Crippen LogP contribution in [0.5, 0.6) is 0 Å². The molecule has 11 heavy (non-hydrogen) atoms. The molecule has 1 fully saturated rings. The van der Waals surface area contributed by atoms with E-state index in [4.69, 9.17) is 16.9 Å². The molecule has 0 aliphatic carbocycles. The van der Waals surface area contributed by atoms with Crippen molar-refractivity contribution in [2.75, 3.05) is 12.3 Å². The molecule has 3 N–H and O–H groups in total. The van der Waals surface area contributed by atoms with Gasteiger partial charge in [-0.05, 0) is 56.5 Å². The largest absolute Gasteiger partial charge is 0.330 e. The topological polar surface area (TPSA) is 38.0 Å². The second-order valence-corrected chi connectivity index (χ2v) is 7.59. The highest BCUT2D eigenvalue weighted by molar-refractivity contribution is 8.82. The van der Waals surface area contributed by atoms with Crippen molar-refractivity contribution in [1.29, 1.82) is 0 Å². The van der Waals surface area contributed by atoms with E-state index in [1.165, 1.54) is 18.6 Å². The maximum Gasteiger partial charge on any atom is 0.0188 e. The summed E-state index contributed by atoms with van der Waals surface area (Å²) in [5.41, 5.74) is 5.42. The average Bonchev–Trinajstić information content (AvgIpc) is 2.04. The molecule has 0 amide bonds. The van der Waals surface area contributed by atoms with Crippen LogP contribution in [0.1, 0.15) is 19.3 Å². The first-order valence-electron chi connectivity index (χ1n) is 3.84. The lowest BCUT2D eigenvalue weighted by molar-refractivity contribution is 0.546. The van der Waals surface area contributed by atoms with Gasteiger partial charge in [0.1, 0.15) is 0 Å². The minimum absolute atomic E-state index is 0.141. The van der Waals surface area contributed by atoms with Crippen LogP contribution in [0.25, 0.3) is 0 Å². The fraction of sp³-hybridized carbons (Fsp3) is 1.00. The van der Waals surface area contributed by atoms with Crippen LogP contribution in [0.3, 0.4) is 0 Å². The smallest absolute Gasteiger partial charge is 0.0188 e. The first-order valence-corrected chi connectivity index (χ1v) is 7.49. The first kappa shape index (κ1) is 9.92. The fourth-order valence-corrected chi connectivity index (χ4v) is 3.98. The van der Waals surface area contributed by atoms with Gasteiger partial charge in [0.15, 0.2) is 0 Å². The molecule has 0 aromatic carbocycles. The van der Waals surface area contributed by atoms with E-state index >= 15 is 0 Å². The van der Waals surface area contributed by atoms with Crippen LogP contribution < -0.4 is 10.5 Å². The fourth-order valence-electron chi connectivity index (χ4n) is 1.03. The third kappa shape index (κ3) is 3.85. The molecule has 0 bridgehead atoms. The van der Waals surface area contributed by atoms with Gasteiger partial charge < -0.3 is 5.73 Å². The zero-order valence-corrected chi connectivity index (χ0v) is 8.86. The maximum atomic E-state index is 5.42. The van der Waals surface area contributed by atoms with E-state index < -0.39 is 0 Å². The van der Waals surface area contributed by atoms with Crippen molar-refractivity contribution in [2.24, 2.45) is 5.73 Å². The van der Waals surface area contributed by atoms with Gasteiger partial charge in [0, 0.05) is 11.8 Å². The Morgan fingerprint density at radius 1 is 1.73 bits per heavy atom. The lowest BCUT2D eigenvalue weighted by Crippen LogP contribution is -2.30. The number of hydrogen-bond donors (Lipinski definition) is 2. The Balaban J connectivity index is 2.12. The summed E-state index contributed by atoms with van der Waals surface area (Å²) >= 11 is 5.16. The molecule has 2 nitrogen and oxygen atoms in total. The van der Waals surface area contributed by atoms with Crippen LogP contribution in [0.2, 0.25) is 0 Å². The number of hydrogen-bond acceptors (Lipinski definition) is 4. The summed E-state index contributed by atoms with van der Waals surface area (Å²) in [5, 5.41) is 0. The summed E-state index contributed by atoms with van der Waals surface area (Å²) < 4.78 is 3.37. The average molecular weight is 210 g/mol. The van der Waals surface area contributed by atoms with Crippen molar-refractivity contribution in [3.63, 3.8) is 0 Å². The number of rotatable bonds is 3. The van der Waals surface area contributed by atoms with E-state index in [0.717, 1.165) is 13.0 Å². The number of nitrogens with two attached hydrogens (primary N) is 1. The summed E-state index contributed by atoms with van der Waals surface area (Å²) in [7, 11) is 1.87. The van der Waals surface area contributed by atoms with Crippen molar-refractivity contribution in [2.45, 2.75) is 25.3 Å². The lowest BCUT2D eigenvalue weighted by atomic mass is 10.1. The van der Waals surface area contributed by atoms with Gasteiger partial charge in [0.05, 0.1) is 0 Å². The van der Waals surface area contributed by atoms with Crippen molar-refractivity contribution in [3.05, 3.63) is 0 Å². The molecule has 1 aliphatic heterocycles. The molecule has 1 saturated heterocycles. The van der Waals surface area contributed by atoms with Crippen LogP contribution in [0, 0.1) is 0 Å². The van der Waals surface area contributed by atoms with Crippen LogP contribution in [-0.4, -0.2) is 18.3 Å². The molecule has 0 spiro atoms. The molecule has 0 radical (unpaired) electrons. The van der Waals surface area contributed by atoms with E-state index in [2.05, 4.69) is 4.72 Å². The van der Waals surface area contributed by atoms with Gasteiger partial charge in [0.2, 0.25) is 0 Å². The minimum atomic E-state index is 0.141. The second-order valence-electron chi connectivity index (χ2n) is 2.63. The zero-order chi connectivity index (χ0) is 8.10.